The predicted octanol–water partition coefficient (Wildman–Crippen LogP) is 3.81. The quantitative estimate of drug-likeness (QED) is 0.446. The van der Waals surface area contributed by atoms with Gasteiger partial charge in [0.05, 0.1) is 12.4 Å². The number of rotatable bonds is 7. The van der Waals surface area contributed by atoms with E-state index in [1.807, 2.05) is 19.9 Å². The standard InChI is InChI=1S/C16H26N2O/c1-12-7-8-14(13(2)11-12)19-10-6-5-9-16(3,4)15(17)18/h7-8,11H,5-6,9-10H2,1-4H3,(H3,17,18). The van der Waals surface area contributed by atoms with Crippen molar-refractivity contribution in [2.75, 3.05) is 6.61 Å². The average Bonchev–Trinajstić information content (AvgIpc) is 2.31. The summed E-state index contributed by atoms with van der Waals surface area (Å²) < 4.78 is 5.78. The van der Waals surface area contributed by atoms with Gasteiger partial charge in [-0.2, -0.15) is 0 Å². The molecule has 1 rings (SSSR count). The lowest BCUT2D eigenvalue weighted by Crippen LogP contribution is -2.30. The van der Waals surface area contributed by atoms with Gasteiger partial charge in [0.15, 0.2) is 0 Å². The van der Waals surface area contributed by atoms with E-state index in [-0.39, 0.29) is 11.3 Å². The Bertz CT molecular complexity index is 438. The van der Waals surface area contributed by atoms with Crippen LogP contribution >= 0.6 is 0 Å². The Kier molecular flexibility index (Phi) is 5.40. The number of benzene rings is 1. The molecular weight excluding hydrogens is 236 g/mol. The lowest BCUT2D eigenvalue weighted by Gasteiger charge is -2.22. The summed E-state index contributed by atoms with van der Waals surface area (Å²) in [4.78, 5) is 0. The van der Waals surface area contributed by atoms with Gasteiger partial charge < -0.3 is 10.5 Å². The first-order valence-corrected chi connectivity index (χ1v) is 6.87. The lowest BCUT2D eigenvalue weighted by atomic mass is 9.86. The smallest absolute Gasteiger partial charge is 0.122 e. The first-order chi connectivity index (χ1) is 8.83. The second kappa shape index (κ2) is 6.60. The van der Waals surface area contributed by atoms with Gasteiger partial charge in [0.1, 0.15) is 5.75 Å². The maximum absolute atomic E-state index is 7.51. The molecule has 106 valence electrons. The molecule has 0 radical (unpaired) electrons. The minimum absolute atomic E-state index is 0.195. The zero-order valence-electron chi connectivity index (χ0n) is 12.5. The highest BCUT2D eigenvalue weighted by atomic mass is 16.5. The first-order valence-electron chi connectivity index (χ1n) is 6.87. The summed E-state index contributed by atoms with van der Waals surface area (Å²) in [7, 11) is 0. The maximum Gasteiger partial charge on any atom is 0.122 e. The van der Waals surface area contributed by atoms with Gasteiger partial charge in [-0.3, -0.25) is 5.41 Å². The third kappa shape index (κ3) is 4.93. The Morgan fingerprint density at radius 2 is 1.95 bits per heavy atom. The van der Waals surface area contributed by atoms with Crippen molar-refractivity contribution >= 4 is 5.84 Å². The molecule has 0 atom stereocenters. The topological polar surface area (TPSA) is 59.1 Å². The molecular formula is C16H26N2O. The van der Waals surface area contributed by atoms with Gasteiger partial charge in [0.25, 0.3) is 0 Å². The van der Waals surface area contributed by atoms with Crippen molar-refractivity contribution in [3.8, 4) is 5.75 Å². The van der Waals surface area contributed by atoms with E-state index in [1.165, 1.54) is 11.1 Å². The highest BCUT2D eigenvalue weighted by Gasteiger charge is 2.20. The first kappa shape index (κ1) is 15.5. The van der Waals surface area contributed by atoms with Gasteiger partial charge in [-0.05, 0) is 44.7 Å². The summed E-state index contributed by atoms with van der Waals surface area (Å²) >= 11 is 0. The second-order valence-corrected chi connectivity index (χ2v) is 5.87. The average molecular weight is 262 g/mol. The highest BCUT2D eigenvalue weighted by Crippen LogP contribution is 2.23. The molecule has 0 saturated heterocycles. The Balaban J connectivity index is 2.30. The van der Waals surface area contributed by atoms with Crippen LogP contribution in [-0.4, -0.2) is 12.4 Å². The van der Waals surface area contributed by atoms with Crippen molar-refractivity contribution in [2.24, 2.45) is 11.1 Å². The Labute approximate surface area is 116 Å². The third-order valence-electron chi connectivity index (χ3n) is 3.51. The van der Waals surface area contributed by atoms with Crippen LogP contribution in [0.2, 0.25) is 0 Å². The van der Waals surface area contributed by atoms with Crippen molar-refractivity contribution in [3.63, 3.8) is 0 Å². The molecule has 1 aromatic carbocycles. The van der Waals surface area contributed by atoms with E-state index in [0.717, 1.165) is 31.6 Å². The van der Waals surface area contributed by atoms with Crippen LogP contribution in [0.3, 0.4) is 0 Å². The van der Waals surface area contributed by atoms with Gasteiger partial charge in [-0.1, -0.05) is 31.5 Å². The molecule has 0 aromatic heterocycles. The number of unbranched alkanes of at least 4 members (excludes halogenated alkanes) is 1. The molecule has 3 heteroatoms. The van der Waals surface area contributed by atoms with Crippen LogP contribution < -0.4 is 10.5 Å². The van der Waals surface area contributed by atoms with Gasteiger partial charge in [0.2, 0.25) is 0 Å². The summed E-state index contributed by atoms with van der Waals surface area (Å²) in [5, 5.41) is 7.51. The number of nitrogens with two attached hydrogens (primary N) is 1. The molecule has 0 aliphatic carbocycles. The van der Waals surface area contributed by atoms with E-state index in [1.54, 1.807) is 0 Å². The summed E-state index contributed by atoms with van der Waals surface area (Å²) in [5.41, 5.74) is 7.81. The van der Waals surface area contributed by atoms with Gasteiger partial charge >= 0.3 is 0 Å². The Hall–Kier alpha value is -1.51. The van der Waals surface area contributed by atoms with Crippen LogP contribution in [-0.2, 0) is 0 Å². The van der Waals surface area contributed by atoms with E-state index < -0.39 is 0 Å². The van der Waals surface area contributed by atoms with Crippen molar-refractivity contribution in [1.29, 1.82) is 5.41 Å². The summed E-state index contributed by atoms with van der Waals surface area (Å²) in [6.45, 7) is 8.90. The third-order valence-corrected chi connectivity index (χ3v) is 3.51. The molecule has 0 heterocycles. The fraction of sp³-hybridized carbons (Fsp3) is 0.562. The molecule has 3 N–H and O–H groups in total. The molecule has 0 amide bonds. The number of hydrogen-bond acceptors (Lipinski definition) is 2. The molecule has 0 aliphatic heterocycles. The lowest BCUT2D eigenvalue weighted by molar-refractivity contribution is 0.294. The summed E-state index contributed by atoms with van der Waals surface area (Å²) in [5.74, 6) is 1.24. The van der Waals surface area contributed by atoms with E-state index in [0.29, 0.717) is 0 Å². The summed E-state index contributed by atoms with van der Waals surface area (Å²) in [6, 6.07) is 6.24. The van der Waals surface area contributed by atoms with E-state index in [9.17, 15) is 0 Å². The molecule has 0 fully saturated rings. The number of aryl methyl sites for hydroxylation is 2. The van der Waals surface area contributed by atoms with Gasteiger partial charge in [-0.25, -0.2) is 0 Å². The number of nitrogens with one attached hydrogen (secondary N) is 1. The Morgan fingerprint density at radius 1 is 1.26 bits per heavy atom. The minimum Gasteiger partial charge on any atom is -0.493 e. The van der Waals surface area contributed by atoms with Crippen LogP contribution in [0.15, 0.2) is 18.2 Å². The Morgan fingerprint density at radius 3 is 2.53 bits per heavy atom. The van der Waals surface area contributed by atoms with Crippen molar-refractivity contribution in [1.82, 2.24) is 0 Å². The monoisotopic (exact) mass is 262 g/mol. The van der Waals surface area contributed by atoms with Crippen LogP contribution in [0.5, 0.6) is 5.75 Å². The van der Waals surface area contributed by atoms with Crippen molar-refractivity contribution in [3.05, 3.63) is 29.3 Å². The molecule has 3 nitrogen and oxygen atoms in total. The van der Waals surface area contributed by atoms with Crippen LogP contribution in [0.4, 0.5) is 0 Å². The number of amidine groups is 1. The van der Waals surface area contributed by atoms with Crippen LogP contribution in [0, 0.1) is 24.7 Å². The number of ether oxygens (including phenoxy) is 1. The van der Waals surface area contributed by atoms with E-state index >= 15 is 0 Å². The van der Waals surface area contributed by atoms with E-state index in [2.05, 4.69) is 26.0 Å². The highest BCUT2D eigenvalue weighted by molar-refractivity contribution is 5.82. The second-order valence-electron chi connectivity index (χ2n) is 5.87. The fourth-order valence-corrected chi connectivity index (χ4v) is 1.95. The fourth-order valence-electron chi connectivity index (χ4n) is 1.95. The van der Waals surface area contributed by atoms with Crippen molar-refractivity contribution < 1.29 is 4.74 Å². The largest absolute Gasteiger partial charge is 0.493 e. The van der Waals surface area contributed by atoms with Crippen LogP contribution in [0.1, 0.15) is 44.2 Å². The molecule has 0 saturated carbocycles. The zero-order valence-corrected chi connectivity index (χ0v) is 12.5. The van der Waals surface area contributed by atoms with Crippen LogP contribution in [0.25, 0.3) is 0 Å². The predicted molar refractivity (Wildman–Crippen MR) is 81.0 cm³/mol. The maximum atomic E-state index is 7.51. The molecule has 19 heavy (non-hydrogen) atoms. The molecule has 0 bridgehead atoms. The minimum atomic E-state index is -0.195. The molecule has 0 aliphatic rings. The van der Waals surface area contributed by atoms with Gasteiger partial charge in [-0.15, -0.1) is 0 Å². The number of hydrogen-bond donors (Lipinski definition) is 2. The molecule has 0 unspecified atom stereocenters. The van der Waals surface area contributed by atoms with E-state index in [4.69, 9.17) is 15.9 Å². The summed E-state index contributed by atoms with van der Waals surface area (Å²) in [6.07, 6.45) is 2.94. The molecule has 1 aromatic rings. The normalized spacial score (nSPS) is 11.4. The molecule has 0 spiro atoms. The van der Waals surface area contributed by atoms with Crippen molar-refractivity contribution in [2.45, 2.75) is 47.0 Å². The SMILES string of the molecule is Cc1ccc(OCCCCC(C)(C)C(=N)N)c(C)c1. The van der Waals surface area contributed by atoms with Gasteiger partial charge in [0, 0.05) is 5.41 Å². The zero-order chi connectivity index (χ0) is 14.5.